The Morgan fingerprint density at radius 3 is 1.48 bits per heavy atom. The summed E-state index contributed by atoms with van der Waals surface area (Å²) in [5.41, 5.74) is 24.8. The highest BCUT2D eigenvalue weighted by Crippen LogP contribution is 2.52. The first-order chi connectivity index (χ1) is 39.8. The number of fused-ring (bicyclic) bond motifs is 7. The van der Waals surface area contributed by atoms with E-state index in [1.54, 1.807) is 0 Å². The van der Waals surface area contributed by atoms with Gasteiger partial charge in [0, 0.05) is 39.0 Å². The number of benzene rings is 11. The minimum absolute atomic E-state index is 0.115. The molecule has 81 heavy (non-hydrogen) atoms. The lowest BCUT2D eigenvalue weighted by Gasteiger charge is -2.42. The molecular formula is C77H65BN2O. The van der Waals surface area contributed by atoms with Crippen molar-refractivity contribution in [3.63, 3.8) is 0 Å². The summed E-state index contributed by atoms with van der Waals surface area (Å²) in [6.07, 6.45) is 7.00. The van der Waals surface area contributed by atoms with Gasteiger partial charge < -0.3 is 14.2 Å². The molecule has 11 aromatic carbocycles. The van der Waals surface area contributed by atoms with Gasteiger partial charge in [0.1, 0.15) is 11.5 Å². The van der Waals surface area contributed by atoms with Gasteiger partial charge in [0.25, 0.3) is 6.71 Å². The molecule has 14 rings (SSSR count). The molecule has 0 atom stereocenters. The zero-order valence-corrected chi connectivity index (χ0v) is 46.8. The number of rotatable bonds is 13. The van der Waals surface area contributed by atoms with Gasteiger partial charge in [-0.3, -0.25) is 0 Å². The van der Waals surface area contributed by atoms with Gasteiger partial charge >= 0.3 is 0 Å². The van der Waals surface area contributed by atoms with E-state index in [0.717, 1.165) is 58.2 Å². The van der Waals surface area contributed by atoms with Crippen molar-refractivity contribution < 1.29 is 4.74 Å². The molecule has 0 saturated heterocycles. The first-order valence-electron chi connectivity index (χ1n) is 29.2. The van der Waals surface area contributed by atoms with E-state index in [9.17, 15) is 0 Å². The van der Waals surface area contributed by atoms with Crippen LogP contribution < -0.4 is 26.0 Å². The van der Waals surface area contributed by atoms with Crippen molar-refractivity contribution in [2.24, 2.45) is 0 Å². The summed E-state index contributed by atoms with van der Waals surface area (Å²) in [7, 11) is 0. The number of aromatic nitrogens is 1. The first-order valence-corrected chi connectivity index (χ1v) is 29.2. The zero-order valence-electron chi connectivity index (χ0n) is 46.8. The Morgan fingerprint density at radius 2 is 0.914 bits per heavy atom. The molecule has 0 radical (unpaired) electrons. The maximum absolute atomic E-state index is 7.35. The third-order valence-electron chi connectivity index (χ3n) is 17.1. The number of ether oxygens (including phenoxy) is 1. The van der Waals surface area contributed by atoms with Crippen LogP contribution in [0.15, 0.2) is 249 Å². The normalized spacial score (nSPS) is 12.5. The van der Waals surface area contributed by atoms with E-state index in [0.29, 0.717) is 0 Å². The second-order valence-electron chi connectivity index (χ2n) is 23.3. The Morgan fingerprint density at radius 1 is 0.407 bits per heavy atom. The van der Waals surface area contributed by atoms with E-state index in [-0.39, 0.29) is 12.1 Å². The van der Waals surface area contributed by atoms with Crippen LogP contribution in [0.1, 0.15) is 70.9 Å². The Hall–Kier alpha value is -9.12. The molecular weight excluding hydrogens is 980 g/mol. The summed E-state index contributed by atoms with van der Waals surface area (Å²) >= 11 is 0. The molecule has 0 amide bonds. The van der Waals surface area contributed by atoms with E-state index in [1.165, 1.54) is 120 Å². The molecule has 12 aromatic rings. The number of aryl methyl sites for hydroxylation is 1. The first kappa shape index (κ1) is 50.1. The lowest BCUT2D eigenvalue weighted by Crippen LogP contribution is -2.59. The smallest absolute Gasteiger partial charge is 0.256 e. The molecule has 3 heterocycles. The Labute approximate surface area is 477 Å². The Bertz CT molecular complexity index is 4130. The molecule has 0 aliphatic carbocycles. The van der Waals surface area contributed by atoms with E-state index < -0.39 is 0 Å². The predicted molar refractivity (Wildman–Crippen MR) is 345 cm³/mol. The maximum Gasteiger partial charge on any atom is 0.256 e. The van der Waals surface area contributed by atoms with E-state index in [4.69, 9.17) is 4.74 Å². The second-order valence-corrected chi connectivity index (χ2v) is 23.3. The van der Waals surface area contributed by atoms with Crippen molar-refractivity contribution in [3.8, 4) is 72.8 Å². The lowest BCUT2D eigenvalue weighted by atomic mass is 9.34. The minimum Gasteiger partial charge on any atom is -0.458 e. The van der Waals surface area contributed by atoms with Crippen LogP contribution in [0, 0.1) is 0 Å². The van der Waals surface area contributed by atoms with Crippen LogP contribution in [0.25, 0.3) is 83.1 Å². The van der Waals surface area contributed by atoms with Gasteiger partial charge in [-0.15, -0.1) is 0 Å². The highest BCUT2D eigenvalue weighted by Gasteiger charge is 2.44. The zero-order chi connectivity index (χ0) is 54.6. The van der Waals surface area contributed by atoms with Gasteiger partial charge in [-0.1, -0.05) is 248 Å². The van der Waals surface area contributed by atoms with Crippen LogP contribution in [0.4, 0.5) is 17.1 Å². The Balaban J connectivity index is 1.09. The molecule has 4 heteroatoms. The number of hydrogen-bond donors (Lipinski definition) is 0. The fourth-order valence-corrected chi connectivity index (χ4v) is 13.0. The van der Waals surface area contributed by atoms with Crippen LogP contribution >= 0.6 is 0 Å². The fourth-order valence-electron chi connectivity index (χ4n) is 13.0. The molecule has 2 aliphatic rings. The van der Waals surface area contributed by atoms with Gasteiger partial charge in [-0.25, -0.2) is 0 Å². The average Bonchev–Trinajstić information content (AvgIpc) is 3.65. The predicted octanol–water partition coefficient (Wildman–Crippen LogP) is 19.3. The number of hydrogen-bond acceptors (Lipinski definition) is 2. The maximum atomic E-state index is 7.35. The Kier molecular flexibility index (Phi) is 12.9. The van der Waals surface area contributed by atoms with Gasteiger partial charge in [-0.2, -0.15) is 0 Å². The monoisotopic (exact) mass is 1040 g/mol. The van der Waals surface area contributed by atoms with Crippen LogP contribution in [-0.4, -0.2) is 11.3 Å². The summed E-state index contributed by atoms with van der Waals surface area (Å²) in [6.45, 7) is 9.24. The second kappa shape index (κ2) is 20.8. The molecule has 3 nitrogen and oxygen atoms in total. The van der Waals surface area contributed by atoms with Gasteiger partial charge in [0.2, 0.25) is 0 Å². The fraction of sp³-hybridized carbons (Fsp3) is 0.143. The molecule has 0 fully saturated rings. The van der Waals surface area contributed by atoms with Crippen molar-refractivity contribution in [1.82, 2.24) is 4.57 Å². The quantitative estimate of drug-likeness (QED) is 0.0846. The highest BCUT2D eigenvalue weighted by atomic mass is 16.5. The molecule has 392 valence electrons. The number of unbranched alkanes of at least 4 members (excludes halogenated alkanes) is 4. The van der Waals surface area contributed by atoms with Crippen LogP contribution in [0.5, 0.6) is 11.5 Å². The molecule has 0 spiro atoms. The van der Waals surface area contributed by atoms with Crippen molar-refractivity contribution >= 4 is 62.0 Å². The SMILES string of the molecule is CCCCCCCc1cc2c3c(c1)N(c1c(-c4ccc(-c5ccccc5)cc4)cc(C(C)(C)C)cc1-c1ccc(-c4ccccc4)cc1)c1cc(-n4c5ccccc5c5ccccc54)ccc1B3c1cc(-c3ccccc3)ccc1O2. The van der Waals surface area contributed by atoms with Gasteiger partial charge in [-0.05, 0) is 145 Å². The largest absolute Gasteiger partial charge is 0.458 e. The number of nitrogens with zero attached hydrogens (tertiary/aromatic N) is 2. The summed E-state index contributed by atoms with van der Waals surface area (Å²) in [4.78, 5) is 2.67. The summed E-state index contributed by atoms with van der Waals surface area (Å²) in [5, 5.41) is 2.49. The van der Waals surface area contributed by atoms with Crippen LogP contribution in [0.3, 0.4) is 0 Å². The van der Waals surface area contributed by atoms with Gasteiger partial charge in [0.15, 0.2) is 0 Å². The van der Waals surface area contributed by atoms with Crippen LogP contribution in [0.2, 0.25) is 0 Å². The van der Waals surface area contributed by atoms with Crippen molar-refractivity contribution in [3.05, 3.63) is 260 Å². The topological polar surface area (TPSA) is 17.4 Å². The van der Waals surface area contributed by atoms with E-state index >= 15 is 0 Å². The van der Waals surface area contributed by atoms with E-state index in [2.05, 4.69) is 286 Å². The third-order valence-corrected chi connectivity index (χ3v) is 17.1. The summed E-state index contributed by atoms with van der Waals surface area (Å²) < 4.78 is 9.84. The molecule has 0 unspecified atom stereocenters. The molecule has 0 N–H and O–H groups in total. The molecule has 1 aromatic heterocycles. The van der Waals surface area contributed by atoms with Crippen molar-refractivity contribution in [2.45, 2.75) is 71.6 Å². The van der Waals surface area contributed by atoms with Gasteiger partial charge in [0.05, 0.1) is 16.7 Å². The summed E-state index contributed by atoms with van der Waals surface area (Å²) in [5.74, 6) is 1.86. The number of para-hydroxylation sites is 2. The highest BCUT2D eigenvalue weighted by molar-refractivity contribution is 6.99. The molecule has 0 saturated carbocycles. The van der Waals surface area contributed by atoms with Crippen molar-refractivity contribution in [1.29, 1.82) is 0 Å². The minimum atomic E-state index is -0.171. The van der Waals surface area contributed by atoms with E-state index in [1.807, 2.05) is 0 Å². The lowest BCUT2D eigenvalue weighted by molar-refractivity contribution is 0.486. The van der Waals surface area contributed by atoms with Crippen molar-refractivity contribution in [2.75, 3.05) is 4.90 Å². The molecule has 0 bridgehead atoms. The average molecular weight is 1050 g/mol. The molecule has 2 aliphatic heterocycles. The standard InChI is InChI=1S/C77H65BN2O/c1-5-6-7-8-12-23-52-46-72-75-74(47-52)81-73-45-42-60(55-28-17-11-18-29-55)48-68(73)78(75)67-44-43-62(79-69-32-21-19-30-63(69)64-31-20-22-33-70(64)79)51-71(67)80(72)76-65(58-38-34-56(35-39-58)53-24-13-9-14-25-53)49-61(77(2,3)4)50-66(76)59-40-36-57(37-41-59)54-26-15-10-16-27-54/h9-11,13-22,24-51H,5-8,12,23H2,1-4H3. The number of anilines is 3. The summed E-state index contributed by atoms with van der Waals surface area (Å²) in [6, 6.07) is 92.8. The van der Waals surface area contributed by atoms with Crippen LogP contribution in [-0.2, 0) is 11.8 Å². The third kappa shape index (κ3) is 9.14.